The number of aliphatic carboxylic acids is 1. The largest absolute Gasteiger partial charge is 0.480 e. The van der Waals surface area contributed by atoms with E-state index >= 15 is 0 Å². The number of nitrogens with zero attached hydrogens (tertiary/aromatic N) is 3. The number of alkyl halides is 3. The Kier molecular flexibility index (Phi) is 5.78. The fourth-order valence-electron chi connectivity index (χ4n) is 2.20. The highest BCUT2D eigenvalue weighted by atomic mass is 35.5. The average Bonchev–Trinajstić information content (AvgIpc) is 2.57. The molecule has 1 heterocycles. The quantitative estimate of drug-likeness (QED) is 0.605. The lowest BCUT2D eigenvalue weighted by Gasteiger charge is -2.14. The van der Waals surface area contributed by atoms with Crippen LogP contribution in [0.25, 0.3) is 5.69 Å². The molecule has 0 fully saturated rings. The Bertz CT molecular complexity index is 1090. The summed E-state index contributed by atoms with van der Waals surface area (Å²) in [7, 11) is 0.784. The Morgan fingerprint density at radius 3 is 2.43 bits per heavy atom. The predicted molar refractivity (Wildman–Crippen MR) is 91.9 cm³/mol. The number of hydrogen-bond donors (Lipinski definition) is 1. The van der Waals surface area contributed by atoms with Gasteiger partial charge < -0.3 is 5.11 Å². The number of carbonyl (C=O) groups is 1. The van der Waals surface area contributed by atoms with Crippen molar-refractivity contribution in [2.45, 2.75) is 19.1 Å². The van der Waals surface area contributed by atoms with Crippen LogP contribution in [0.1, 0.15) is 18.2 Å². The van der Waals surface area contributed by atoms with Gasteiger partial charge in [-0.1, -0.05) is 11.6 Å². The molecule has 0 radical (unpaired) electrons. The molecule has 0 unspecified atom stereocenters. The third kappa shape index (κ3) is 4.14. The van der Waals surface area contributed by atoms with Crippen LogP contribution < -0.4 is 11.2 Å². The summed E-state index contributed by atoms with van der Waals surface area (Å²) >= 11 is 5.85. The van der Waals surface area contributed by atoms with E-state index in [9.17, 15) is 31.9 Å². The van der Waals surface area contributed by atoms with E-state index in [-0.39, 0.29) is 25.8 Å². The molecule has 1 aromatic carbocycles. The molecule has 0 saturated carbocycles. The lowest BCUT2D eigenvalue weighted by atomic mass is 10.2. The van der Waals surface area contributed by atoms with Crippen LogP contribution in [0.5, 0.6) is 0 Å². The van der Waals surface area contributed by atoms with Gasteiger partial charge in [0.15, 0.2) is 0 Å². The number of hydrogen-bond acceptors (Lipinski definition) is 4. The van der Waals surface area contributed by atoms with Crippen molar-refractivity contribution in [3.05, 3.63) is 61.1 Å². The Hall–Kier alpha value is -2.95. The van der Waals surface area contributed by atoms with Crippen LogP contribution in [0, 0.1) is 5.82 Å². The van der Waals surface area contributed by atoms with E-state index in [1.54, 1.807) is 0 Å². The summed E-state index contributed by atoms with van der Waals surface area (Å²) in [5.41, 5.74) is -5.03. The fraction of sp³-hybridized carbons (Fsp3) is 0.250. The number of aliphatic imine (C=N–C) groups is 1. The summed E-state index contributed by atoms with van der Waals surface area (Å²) in [5.74, 6) is -2.39. The van der Waals surface area contributed by atoms with Gasteiger partial charge >= 0.3 is 17.8 Å². The Labute approximate surface area is 159 Å². The van der Waals surface area contributed by atoms with Crippen LogP contribution >= 0.6 is 11.6 Å². The summed E-state index contributed by atoms with van der Waals surface area (Å²) in [6.07, 6.45) is -3.97. The van der Waals surface area contributed by atoms with Gasteiger partial charge in [-0.2, -0.15) is 13.2 Å². The zero-order valence-electron chi connectivity index (χ0n) is 14.3. The third-order valence-electron chi connectivity index (χ3n) is 3.71. The second-order valence-electron chi connectivity index (χ2n) is 5.66. The van der Waals surface area contributed by atoms with E-state index in [0.29, 0.717) is 0 Å². The van der Waals surface area contributed by atoms with E-state index in [4.69, 9.17) is 16.7 Å². The van der Waals surface area contributed by atoms with Crippen molar-refractivity contribution in [3.8, 4) is 5.69 Å². The Morgan fingerprint density at radius 2 is 1.89 bits per heavy atom. The van der Waals surface area contributed by atoms with Crippen LogP contribution in [0.2, 0.25) is 5.02 Å². The monoisotopic (exact) mass is 421 g/mol. The highest BCUT2D eigenvalue weighted by Crippen LogP contribution is 2.27. The van der Waals surface area contributed by atoms with Gasteiger partial charge in [-0.3, -0.25) is 14.4 Å². The second-order valence-corrected chi connectivity index (χ2v) is 6.07. The molecule has 2 aromatic rings. The molecular formula is C16H12ClF4N3O4. The highest BCUT2D eigenvalue weighted by Gasteiger charge is 2.35. The van der Waals surface area contributed by atoms with Crippen LogP contribution in [0.4, 0.5) is 17.6 Å². The minimum atomic E-state index is -4.96. The van der Waals surface area contributed by atoms with Gasteiger partial charge in [0.2, 0.25) is 0 Å². The van der Waals surface area contributed by atoms with Crippen molar-refractivity contribution < 1.29 is 27.5 Å². The molecule has 1 atom stereocenters. The first kappa shape index (κ1) is 21.4. The van der Waals surface area contributed by atoms with Gasteiger partial charge in [-0.25, -0.2) is 18.5 Å². The van der Waals surface area contributed by atoms with Gasteiger partial charge in [-0.05, 0) is 19.1 Å². The Balaban J connectivity index is 2.72. The standard InChI is InChI=1S/C16H12ClF4N3O4/c1-7(14(26)27)22-6-8-3-11(10(18)4-9(8)17)24-13(25)5-12(16(19,20)21)23(2)15(24)28/h3-7H,1-2H3,(H,26,27)/b22-6+/t7-/m1/s1. The highest BCUT2D eigenvalue weighted by molar-refractivity contribution is 6.33. The molecule has 7 nitrogen and oxygen atoms in total. The predicted octanol–water partition coefficient (Wildman–Crippen LogP) is 2.24. The van der Waals surface area contributed by atoms with E-state index in [1.807, 2.05) is 0 Å². The van der Waals surface area contributed by atoms with E-state index in [1.165, 1.54) is 6.92 Å². The van der Waals surface area contributed by atoms with Crippen molar-refractivity contribution in [2.24, 2.45) is 12.0 Å². The third-order valence-corrected chi connectivity index (χ3v) is 4.04. The smallest absolute Gasteiger partial charge is 0.431 e. The molecule has 0 bridgehead atoms. The van der Waals surface area contributed by atoms with Crippen LogP contribution in [-0.2, 0) is 18.0 Å². The number of rotatable bonds is 4. The lowest BCUT2D eigenvalue weighted by molar-refractivity contribution is -0.144. The fourth-order valence-corrected chi connectivity index (χ4v) is 2.40. The molecule has 0 saturated heterocycles. The maximum atomic E-state index is 14.3. The minimum absolute atomic E-state index is 0.0417. The topological polar surface area (TPSA) is 93.7 Å². The average molecular weight is 422 g/mol. The molecule has 0 spiro atoms. The number of carboxylic acids is 1. The summed E-state index contributed by atoms with van der Waals surface area (Å²) in [4.78, 5) is 38.9. The van der Waals surface area contributed by atoms with E-state index in [0.717, 1.165) is 25.4 Å². The summed E-state index contributed by atoms with van der Waals surface area (Å²) in [5, 5.41) is 8.60. The maximum absolute atomic E-state index is 14.3. The number of carboxylic acid groups (broad SMARTS) is 1. The molecule has 2 rings (SSSR count). The van der Waals surface area contributed by atoms with Crippen molar-refractivity contribution in [1.82, 2.24) is 9.13 Å². The van der Waals surface area contributed by atoms with Gasteiger partial charge in [0, 0.05) is 24.9 Å². The van der Waals surface area contributed by atoms with Gasteiger partial charge in [0.25, 0.3) is 5.56 Å². The zero-order chi connectivity index (χ0) is 21.4. The zero-order valence-corrected chi connectivity index (χ0v) is 15.0. The number of halogens is 5. The molecule has 1 aromatic heterocycles. The number of aromatic nitrogens is 2. The first-order chi connectivity index (χ1) is 12.8. The molecule has 0 amide bonds. The van der Waals surface area contributed by atoms with Crippen molar-refractivity contribution in [2.75, 3.05) is 0 Å². The normalized spacial score (nSPS) is 13.1. The lowest BCUT2D eigenvalue weighted by Crippen LogP contribution is -2.41. The molecule has 0 aliphatic heterocycles. The summed E-state index contributed by atoms with van der Waals surface area (Å²) in [6, 6.07) is 0.639. The van der Waals surface area contributed by atoms with Crippen molar-refractivity contribution >= 4 is 23.8 Å². The first-order valence-corrected chi connectivity index (χ1v) is 7.88. The van der Waals surface area contributed by atoms with E-state index < -0.39 is 46.6 Å². The summed E-state index contributed by atoms with van der Waals surface area (Å²) < 4.78 is 53.4. The molecule has 0 aliphatic rings. The molecule has 0 aliphatic carbocycles. The molecule has 28 heavy (non-hydrogen) atoms. The molecular weight excluding hydrogens is 410 g/mol. The van der Waals surface area contributed by atoms with Gasteiger partial charge in [0.05, 0.1) is 10.7 Å². The Morgan fingerprint density at radius 1 is 1.29 bits per heavy atom. The van der Waals surface area contributed by atoms with Gasteiger partial charge in [0.1, 0.15) is 17.6 Å². The van der Waals surface area contributed by atoms with Crippen LogP contribution in [0.3, 0.4) is 0 Å². The van der Waals surface area contributed by atoms with Crippen LogP contribution in [-0.4, -0.2) is 32.5 Å². The van der Waals surface area contributed by atoms with Gasteiger partial charge in [-0.15, -0.1) is 0 Å². The molecule has 12 heteroatoms. The first-order valence-electron chi connectivity index (χ1n) is 7.50. The molecule has 1 N–H and O–H groups in total. The molecule has 150 valence electrons. The van der Waals surface area contributed by atoms with E-state index in [2.05, 4.69) is 4.99 Å². The number of benzene rings is 1. The van der Waals surface area contributed by atoms with Crippen molar-refractivity contribution in [1.29, 1.82) is 0 Å². The minimum Gasteiger partial charge on any atom is -0.480 e. The van der Waals surface area contributed by atoms with Crippen LogP contribution in [0.15, 0.2) is 32.8 Å². The maximum Gasteiger partial charge on any atom is 0.431 e. The SMILES string of the molecule is C[C@@H](/N=C/c1cc(-n2c(=O)cc(C(F)(F)F)n(C)c2=O)c(F)cc1Cl)C(=O)O. The summed E-state index contributed by atoms with van der Waals surface area (Å²) in [6.45, 7) is 1.26. The second kappa shape index (κ2) is 7.58. The van der Waals surface area contributed by atoms with Crippen molar-refractivity contribution in [3.63, 3.8) is 0 Å².